The molecule has 30 heavy (non-hydrogen) atoms. The van der Waals surface area contributed by atoms with Crippen molar-refractivity contribution in [3.8, 4) is 11.5 Å². The molecule has 0 spiro atoms. The minimum atomic E-state index is 0. The number of benzene rings is 2. The molecule has 3 aromatic rings. The van der Waals surface area contributed by atoms with Gasteiger partial charge in [0, 0.05) is 37.4 Å². The summed E-state index contributed by atoms with van der Waals surface area (Å²) in [6.07, 6.45) is 2.78. The highest BCUT2D eigenvalue weighted by Gasteiger charge is 2.23. The molecule has 1 saturated heterocycles. The quantitative estimate of drug-likeness (QED) is 0.302. The maximum absolute atomic E-state index is 5.63. The number of para-hydroxylation sites is 1. The first-order valence-corrected chi connectivity index (χ1v) is 10.00. The number of aromatic nitrogens is 1. The number of oxazole rings is 1. The Labute approximate surface area is 194 Å². The van der Waals surface area contributed by atoms with Gasteiger partial charge in [-0.1, -0.05) is 35.9 Å². The van der Waals surface area contributed by atoms with Crippen LogP contribution in [0.3, 0.4) is 0 Å². The van der Waals surface area contributed by atoms with E-state index in [9.17, 15) is 0 Å². The van der Waals surface area contributed by atoms with E-state index in [-0.39, 0.29) is 24.0 Å². The van der Waals surface area contributed by atoms with E-state index in [1.807, 2.05) is 12.1 Å². The Morgan fingerprint density at radius 3 is 2.67 bits per heavy atom. The van der Waals surface area contributed by atoms with Gasteiger partial charge in [-0.15, -0.1) is 24.0 Å². The normalized spacial score (nSPS) is 16.3. The van der Waals surface area contributed by atoms with E-state index < -0.39 is 0 Å². The molecule has 1 fully saturated rings. The van der Waals surface area contributed by atoms with E-state index in [0.29, 0.717) is 18.5 Å². The van der Waals surface area contributed by atoms with Gasteiger partial charge in [0.05, 0.1) is 12.2 Å². The second-order valence-electron chi connectivity index (χ2n) is 7.35. The molecule has 4 rings (SSSR count). The maximum atomic E-state index is 5.63. The number of halogens is 1. The van der Waals surface area contributed by atoms with Crippen LogP contribution in [0.5, 0.6) is 0 Å². The third-order valence-electron chi connectivity index (χ3n) is 5.16. The van der Waals surface area contributed by atoms with Crippen LogP contribution in [0.4, 0.5) is 5.69 Å². The summed E-state index contributed by atoms with van der Waals surface area (Å²) in [4.78, 5) is 11.3. The minimum Gasteiger partial charge on any atom is -0.444 e. The number of hydrogen-bond acceptors (Lipinski definition) is 4. The Morgan fingerprint density at radius 1 is 1.17 bits per heavy atom. The van der Waals surface area contributed by atoms with Crippen molar-refractivity contribution in [3.05, 3.63) is 72.1 Å². The Hall–Kier alpha value is -2.55. The lowest BCUT2D eigenvalue weighted by atomic mass is 10.1. The molecule has 1 aliphatic rings. The molecule has 1 unspecified atom stereocenters. The smallest absolute Gasteiger partial charge is 0.226 e. The molecular formula is C23H28IN5O. The number of guanidine groups is 1. The minimum absolute atomic E-state index is 0. The molecule has 2 aromatic carbocycles. The van der Waals surface area contributed by atoms with Gasteiger partial charge in [-0.3, -0.25) is 4.99 Å². The van der Waals surface area contributed by atoms with Crippen molar-refractivity contribution in [2.45, 2.75) is 25.9 Å². The summed E-state index contributed by atoms with van der Waals surface area (Å²) in [6.45, 7) is 4.63. The predicted octanol–water partition coefficient (Wildman–Crippen LogP) is 4.21. The zero-order valence-electron chi connectivity index (χ0n) is 17.3. The molecule has 1 aliphatic heterocycles. The lowest BCUT2D eigenvalue weighted by Crippen LogP contribution is -2.44. The SMILES string of the molecule is CN=C(NCc1coc(-c2ccc(C)cc2)n1)NC1CCN(c2ccccc2)C1.I. The molecule has 158 valence electrons. The molecule has 0 amide bonds. The first kappa shape index (κ1) is 22.1. The van der Waals surface area contributed by atoms with Crippen LogP contribution in [-0.4, -0.2) is 37.1 Å². The van der Waals surface area contributed by atoms with Gasteiger partial charge in [0.25, 0.3) is 0 Å². The van der Waals surface area contributed by atoms with Gasteiger partial charge in [-0.25, -0.2) is 4.98 Å². The summed E-state index contributed by atoms with van der Waals surface area (Å²) in [6, 6.07) is 19.1. The molecule has 1 atom stereocenters. The summed E-state index contributed by atoms with van der Waals surface area (Å²) in [5.41, 5.74) is 4.32. The van der Waals surface area contributed by atoms with Crippen LogP contribution in [0.15, 0.2) is 70.3 Å². The summed E-state index contributed by atoms with van der Waals surface area (Å²) in [7, 11) is 1.79. The molecule has 0 radical (unpaired) electrons. The van der Waals surface area contributed by atoms with E-state index in [2.05, 4.69) is 74.9 Å². The van der Waals surface area contributed by atoms with Gasteiger partial charge < -0.3 is 20.0 Å². The molecule has 2 N–H and O–H groups in total. The second-order valence-corrected chi connectivity index (χ2v) is 7.35. The van der Waals surface area contributed by atoms with Crippen LogP contribution in [0.2, 0.25) is 0 Å². The van der Waals surface area contributed by atoms with Crippen molar-refractivity contribution in [1.29, 1.82) is 0 Å². The van der Waals surface area contributed by atoms with Crippen molar-refractivity contribution in [3.63, 3.8) is 0 Å². The van der Waals surface area contributed by atoms with Crippen molar-refractivity contribution < 1.29 is 4.42 Å². The molecule has 7 heteroatoms. The standard InChI is InChI=1S/C23H27N5O.HI/c1-17-8-10-18(11-9-17)22-26-20(16-29-22)14-25-23(24-2)27-19-12-13-28(15-19)21-6-4-3-5-7-21;/h3-11,16,19H,12-15H2,1-2H3,(H2,24,25,27);1H. The number of anilines is 1. The Kier molecular flexibility index (Phi) is 7.73. The van der Waals surface area contributed by atoms with Crippen LogP contribution in [0.1, 0.15) is 17.7 Å². The van der Waals surface area contributed by atoms with Crippen molar-refractivity contribution >= 4 is 35.6 Å². The largest absolute Gasteiger partial charge is 0.444 e. The van der Waals surface area contributed by atoms with Crippen LogP contribution >= 0.6 is 24.0 Å². The van der Waals surface area contributed by atoms with Gasteiger partial charge in [0.15, 0.2) is 5.96 Å². The van der Waals surface area contributed by atoms with Crippen molar-refractivity contribution in [2.75, 3.05) is 25.0 Å². The van der Waals surface area contributed by atoms with Crippen LogP contribution in [0, 0.1) is 6.92 Å². The number of nitrogens with one attached hydrogen (secondary N) is 2. The fraction of sp³-hybridized carbons (Fsp3) is 0.304. The van der Waals surface area contributed by atoms with E-state index in [1.54, 1.807) is 13.3 Å². The summed E-state index contributed by atoms with van der Waals surface area (Å²) in [5.74, 6) is 1.42. The molecule has 0 aliphatic carbocycles. The number of nitrogens with zero attached hydrogens (tertiary/aromatic N) is 3. The maximum Gasteiger partial charge on any atom is 0.226 e. The van der Waals surface area contributed by atoms with Gasteiger partial charge in [-0.2, -0.15) is 0 Å². The average Bonchev–Trinajstić information content (AvgIpc) is 3.42. The number of aliphatic imine (C=N–C) groups is 1. The van der Waals surface area contributed by atoms with E-state index in [4.69, 9.17) is 4.42 Å². The molecule has 0 saturated carbocycles. The highest BCUT2D eigenvalue weighted by Crippen LogP contribution is 2.20. The number of aryl methyl sites for hydroxylation is 1. The summed E-state index contributed by atoms with van der Waals surface area (Å²) < 4.78 is 5.63. The Balaban J connectivity index is 0.00000256. The Bertz CT molecular complexity index is 955. The van der Waals surface area contributed by atoms with Crippen LogP contribution in [0.25, 0.3) is 11.5 Å². The molecule has 0 bridgehead atoms. The van der Waals surface area contributed by atoms with E-state index in [0.717, 1.165) is 36.7 Å². The lowest BCUT2D eigenvalue weighted by molar-refractivity contribution is 0.572. The predicted molar refractivity (Wildman–Crippen MR) is 132 cm³/mol. The third-order valence-corrected chi connectivity index (χ3v) is 5.16. The van der Waals surface area contributed by atoms with Gasteiger partial charge in [-0.05, 0) is 37.6 Å². The highest BCUT2D eigenvalue weighted by molar-refractivity contribution is 14.0. The van der Waals surface area contributed by atoms with Gasteiger partial charge in [0.2, 0.25) is 5.89 Å². The number of rotatable bonds is 5. The summed E-state index contributed by atoms with van der Waals surface area (Å²) in [5, 5.41) is 6.86. The monoisotopic (exact) mass is 517 g/mol. The first-order chi connectivity index (χ1) is 14.2. The fourth-order valence-electron chi connectivity index (χ4n) is 3.53. The zero-order valence-corrected chi connectivity index (χ0v) is 19.7. The second kappa shape index (κ2) is 10.5. The van der Waals surface area contributed by atoms with Crippen molar-refractivity contribution in [1.82, 2.24) is 15.6 Å². The van der Waals surface area contributed by atoms with E-state index >= 15 is 0 Å². The average molecular weight is 517 g/mol. The first-order valence-electron chi connectivity index (χ1n) is 10.00. The van der Waals surface area contributed by atoms with Gasteiger partial charge >= 0.3 is 0 Å². The molecule has 1 aromatic heterocycles. The van der Waals surface area contributed by atoms with E-state index in [1.165, 1.54) is 11.3 Å². The molecular weight excluding hydrogens is 489 g/mol. The fourth-order valence-corrected chi connectivity index (χ4v) is 3.53. The van der Waals surface area contributed by atoms with Gasteiger partial charge in [0.1, 0.15) is 6.26 Å². The van der Waals surface area contributed by atoms with Crippen molar-refractivity contribution in [2.24, 2.45) is 4.99 Å². The lowest BCUT2D eigenvalue weighted by Gasteiger charge is -2.20. The molecule has 2 heterocycles. The highest BCUT2D eigenvalue weighted by atomic mass is 127. The number of hydrogen-bond donors (Lipinski definition) is 2. The molecule has 6 nitrogen and oxygen atoms in total. The topological polar surface area (TPSA) is 65.7 Å². The van der Waals surface area contributed by atoms with Crippen LogP contribution < -0.4 is 15.5 Å². The van der Waals surface area contributed by atoms with Crippen LogP contribution in [-0.2, 0) is 6.54 Å². The Morgan fingerprint density at radius 2 is 1.93 bits per heavy atom. The third kappa shape index (κ3) is 5.53. The zero-order chi connectivity index (χ0) is 20.1. The summed E-state index contributed by atoms with van der Waals surface area (Å²) >= 11 is 0.